The average Bonchev–Trinajstić information content (AvgIpc) is 3.43. The number of rotatable bonds is 7. The molecule has 5 rings (SSSR count). The number of aliphatic hydroxyl groups is 2. The van der Waals surface area contributed by atoms with Gasteiger partial charge in [-0.3, -0.25) is 4.40 Å². The quantitative estimate of drug-likeness (QED) is 0.395. The van der Waals surface area contributed by atoms with Gasteiger partial charge in [-0.15, -0.1) is 10.2 Å². The fourth-order valence-electron chi connectivity index (χ4n) is 3.76. The molecule has 4 atom stereocenters. The van der Waals surface area contributed by atoms with Gasteiger partial charge in [0, 0.05) is 0 Å². The average molecular weight is 462 g/mol. The molecule has 4 aromatic rings. The Bertz CT molecular complexity index is 1270. The summed E-state index contributed by atoms with van der Waals surface area (Å²) >= 11 is 0. The predicted molar refractivity (Wildman–Crippen MR) is 118 cm³/mol. The van der Waals surface area contributed by atoms with Crippen LogP contribution in [0.1, 0.15) is 27.8 Å². The highest BCUT2D eigenvalue weighted by atomic mass is 16.6. The number of carbonyl (C=O) groups is 1. The molecule has 0 spiro atoms. The van der Waals surface area contributed by atoms with Crippen LogP contribution in [-0.4, -0.2) is 60.7 Å². The predicted octanol–water partition coefficient (Wildman–Crippen LogP) is 1.72. The van der Waals surface area contributed by atoms with E-state index in [0.29, 0.717) is 23.6 Å². The van der Waals surface area contributed by atoms with Crippen molar-refractivity contribution in [3.05, 3.63) is 90.1 Å². The number of aromatic nitrogens is 4. The maximum Gasteiger partial charge on any atom is 0.338 e. The van der Waals surface area contributed by atoms with Crippen LogP contribution < -0.4 is 4.74 Å². The minimum absolute atomic E-state index is 0.233. The monoisotopic (exact) mass is 462 g/mol. The Morgan fingerprint density at radius 1 is 1.00 bits per heavy atom. The number of nitrogens with zero attached hydrogens (tertiary/aromatic N) is 4. The zero-order valence-electron chi connectivity index (χ0n) is 18.0. The van der Waals surface area contributed by atoms with E-state index in [-0.39, 0.29) is 12.4 Å². The van der Waals surface area contributed by atoms with Crippen LogP contribution in [0.2, 0.25) is 0 Å². The van der Waals surface area contributed by atoms with E-state index < -0.39 is 30.4 Å². The molecule has 3 heterocycles. The normalized spacial score (nSPS) is 22.1. The number of fused-ring (bicyclic) bond motifs is 1. The van der Waals surface area contributed by atoms with E-state index in [1.807, 2.05) is 30.3 Å². The SMILES string of the molecule is O=C(OC[C@H]1O[C@@H](c2nnc3c(OCc4ccccc4)cncn23)[C@H](O)[C@@H]1O)c1ccccc1. The van der Waals surface area contributed by atoms with Crippen LogP contribution in [0.3, 0.4) is 0 Å². The molecular weight excluding hydrogens is 440 g/mol. The largest absolute Gasteiger partial charge is 0.483 e. The lowest BCUT2D eigenvalue weighted by molar-refractivity contribution is -0.0362. The van der Waals surface area contributed by atoms with Crippen LogP contribution in [0, 0.1) is 0 Å². The van der Waals surface area contributed by atoms with Gasteiger partial charge in [-0.2, -0.15) is 0 Å². The first-order valence-electron chi connectivity index (χ1n) is 10.7. The third-order valence-corrected chi connectivity index (χ3v) is 5.56. The minimum Gasteiger partial charge on any atom is -0.483 e. The molecule has 1 aliphatic heterocycles. The van der Waals surface area contributed by atoms with Gasteiger partial charge < -0.3 is 24.4 Å². The fourth-order valence-corrected chi connectivity index (χ4v) is 3.76. The zero-order valence-corrected chi connectivity index (χ0v) is 18.0. The topological polar surface area (TPSA) is 128 Å². The lowest BCUT2D eigenvalue weighted by Crippen LogP contribution is -2.34. The van der Waals surface area contributed by atoms with E-state index in [0.717, 1.165) is 5.56 Å². The maximum absolute atomic E-state index is 12.2. The van der Waals surface area contributed by atoms with Crippen molar-refractivity contribution < 1.29 is 29.2 Å². The molecule has 10 nitrogen and oxygen atoms in total. The number of ether oxygens (including phenoxy) is 3. The van der Waals surface area contributed by atoms with Crippen molar-refractivity contribution in [2.45, 2.75) is 31.0 Å². The Hall–Kier alpha value is -3.86. The van der Waals surface area contributed by atoms with Crippen LogP contribution in [-0.2, 0) is 16.1 Å². The molecule has 34 heavy (non-hydrogen) atoms. The van der Waals surface area contributed by atoms with Gasteiger partial charge in [0.25, 0.3) is 0 Å². The molecule has 0 bridgehead atoms. The molecule has 0 radical (unpaired) electrons. The summed E-state index contributed by atoms with van der Waals surface area (Å²) in [6, 6.07) is 18.1. The van der Waals surface area contributed by atoms with Crippen molar-refractivity contribution in [2.24, 2.45) is 0 Å². The fraction of sp³-hybridized carbons (Fsp3) is 0.250. The van der Waals surface area contributed by atoms with Crippen LogP contribution in [0.15, 0.2) is 73.2 Å². The first-order chi connectivity index (χ1) is 16.6. The highest BCUT2D eigenvalue weighted by Crippen LogP contribution is 2.34. The molecule has 2 aromatic heterocycles. The van der Waals surface area contributed by atoms with Crippen molar-refractivity contribution in [1.82, 2.24) is 19.6 Å². The number of benzene rings is 2. The summed E-state index contributed by atoms with van der Waals surface area (Å²) in [6.07, 6.45) is -1.52. The standard InChI is InChI=1S/C24H22N4O6/c29-19-18(13-33-24(31)16-9-5-2-6-10-16)34-21(20(19)30)23-27-26-22-17(11-25-14-28(22)23)32-12-15-7-3-1-4-8-15/h1-11,14,18-21,29-30H,12-13H2/t18-,19-,20-,21-/m1/s1. The van der Waals surface area contributed by atoms with Crippen molar-refractivity contribution >= 4 is 11.6 Å². The second-order valence-electron chi connectivity index (χ2n) is 7.82. The Labute approximate surface area is 194 Å². The minimum atomic E-state index is -1.30. The molecule has 2 N–H and O–H groups in total. The summed E-state index contributed by atoms with van der Waals surface area (Å²) in [6.45, 7) is 0.0867. The molecule has 1 aliphatic rings. The van der Waals surface area contributed by atoms with E-state index in [1.165, 1.54) is 12.5 Å². The van der Waals surface area contributed by atoms with Crippen LogP contribution in [0.5, 0.6) is 5.75 Å². The highest BCUT2D eigenvalue weighted by molar-refractivity contribution is 5.89. The summed E-state index contributed by atoms with van der Waals surface area (Å²) < 4.78 is 18.5. The molecule has 174 valence electrons. The Morgan fingerprint density at radius 3 is 2.50 bits per heavy atom. The molecule has 0 saturated carbocycles. The van der Waals surface area contributed by atoms with E-state index in [2.05, 4.69) is 15.2 Å². The van der Waals surface area contributed by atoms with Gasteiger partial charge in [0.05, 0.1) is 11.8 Å². The van der Waals surface area contributed by atoms with Gasteiger partial charge in [0.1, 0.15) is 44.0 Å². The third-order valence-electron chi connectivity index (χ3n) is 5.56. The van der Waals surface area contributed by atoms with E-state index in [9.17, 15) is 15.0 Å². The summed E-state index contributed by atoms with van der Waals surface area (Å²) in [5.41, 5.74) is 1.75. The molecule has 1 saturated heterocycles. The lowest BCUT2D eigenvalue weighted by atomic mass is 10.1. The van der Waals surface area contributed by atoms with E-state index >= 15 is 0 Å². The number of esters is 1. The van der Waals surface area contributed by atoms with Gasteiger partial charge in [-0.05, 0) is 17.7 Å². The first kappa shape index (κ1) is 22.0. The Morgan fingerprint density at radius 2 is 1.74 bits per heavy atom. The van der Waals surface area contributed by atoms with Crippen LogP contribution >= 0.6 is 0 Å². The molecule has 1 fully saturated rings. The lowest BCUT2D eigenvalue weighted by Gasteiger charge is -2.14. The molecule has 0 amide bonds. The maximum atomic E-state index is 12.2. The number of carbonyl (C=O) groups excluding carboxylic acids is 1. The second kappa shape index (κ2) is 9.56. The summed E-state index contributed by atoms with van der Waals surface area (Å²) in [4.78, 5) is 16.4. The summed E-state index contributed by atoms with van der Waals surface area (Å²) in [5, 5.41) is 29.4. The molecular formula is C24H22N4O6. The van der Waals surface area contributed by atoms with Gasteiger partial charge >= 0.3 is 5.97 Å². The van der Waals surface area contributed by atoms with Gasteiger partial charge in [0.2, 0.25) is 5.65 Å². The molecule has 2 aromatic carbocycles. The van der Waals surface area contributed by atoms with Crippen LogP contribution in [0.25, 0.3) is 5.65 Å². The Kier molecular flexibility index (Phi) is 6.17. The number of hydrogen-bond donors (Lipinski definition) is 2. The van der Waals surface area contributed by atoms with E-state index in [4.69, 9.17) is 14.2 Å². The van der Waals surface area contributed by atoms with Crippen LogP contribution in [0.4, 0.5) is 0 Å². The molecule has 0 aliphatic carbocycles. The number of aliphatic hydroxyl groups excluding tert-OH is 2. The van der Waals surface area contributed by atoms with Crippen molar-refractivity contribution in [3.63, 3.8) is 0 Å². The van der Waals surface area contributed by atoms with Gasteiger partial charge in [0.15, 0.2) is 11.6 Å². The first-order valence-corrected chi connectivity index (χ1v) is 10.7. The van der Waals surface area contributed by atoms with Crippen molar-refractivity contribution in [2.75, 3.05) is 6.61 Å². The van der Waals surface area contributed by atoms with E-state index in [1.54, 1.807) is 34.7 Å². The molecule has 0 unspecified atom stereocenters. The Balaban J connectivity index is 1.30. The number of hydrogen-bond acceptors (Lipinski definition) is 9. The highest BCUT2D eigenvalue weighted by Gasteiger charge is 2.46. The summed E-state index contributed by atoms with van der Waals surface area (Å²) in [7, 11) is 0. The van der Waals surface area contributed by atoms with Gasteiger partial charge in [-0.1, -0.05) is 48.5 Å². The van der Waals surface area contributed by atoms with Gasteiger partial charge in [-0.25, -0.2) is 9.78 Å². The third kappa shape index (κ3) is 4.34. The molecule has 10 heteroatoms. The zero-order chi connectivity index (χ0) is 23.5. The smallest absolute Gasteiger partial charge is 0.338 e. The second-order valence-corrected chi connectivity index (χ2v) is 7.82. The van der Waals surface area contributed by atoms with Crippen molar-refractivity contribution in [1.29, 1.82) is 0 Å². The van der Waals surface area contributed by atoms with Crippen molar-refractivity contribution in [3.8, 4) is 5.75 Å². The summed E-state index contributed by atoms with van der Waals surface area (Å²) in [5.74, 6) is 0.106.